The summed E-state index contributed by atoms with van der Waals surface area (Å²) in [6, 6.07) is -0.168. The van der Waals surface area contributed by atoms with Crippen molar-refractivity contribution >= 4 is 5.97 Å². The van der Waals surface area contributed by atoms with Crippen molar-refractivity contribution in [2.45, 2.75) is 58.0 Å². The molecule has 0 aliphatic carbocycles. The minimum absolute atomic E-state index is 0.0467. The van der Waals surface area contributed by atoms with Crippen LogP contribution in [-0.2, 0) is 21.5 Å². The molecule has 0 spiro atoms. The molecule has 0 radical (unpaired) electrons. The van der Waals surface area contributed by atoms with Crippen molar-refractivity contribution < 1.29 is 13.9 Å². The molecule has 1 aromatic rings. The van der Waals surface area contributed by atoms with Crippen molar-refractivity contribution in [1.82, 2.24) is 9.88 Å². The molecular formula is C15H24N2O3. The third kappa shape index (κ3) is 3.39. The average molecular weight is 280 g/mol. The number of esters is 1. The molecule has 1 saturated heterocycles. The molecule has 1 atom stereocenters. The summed E-state index contributed by atoms with van der Waals surface area (Å²) in [6.07, 6.45) is 4.79. The van der Waals surface area contributed by atoms with E-state index in [4.69, 9.17) is 9.15 Å². The van der Waals surface area contributed by atoms with Crippen LogP contribution in [0.1, 0.15) is 51.7 Å². The second kappa shape index (κ2) is 5.95. The van der Waals surface area contributed by atoms with Crippen LogP contribution in [-0.4, -0.2) is 35.5 Å². The summed E-state index contributed by atoms with van der Waals surface area (Å²) in [6.45, 7) is 7.73. The van der Waals surface area contributed by atoms with Crippen LogP contribution in [0, 0.1) is 0 Å². The first kappa shape index (κ1) is 15.0. The fourth-order valence-corrected chi connectivity index (χ4v) is 2.49. The molecule has 1 fully saturated rings. The molecule has 0 N–H and O–H groups in total. The highest BCUT2D eigenvalue weighted by atomic mass is 16.5. The van der Waals surface area contributed by atoms with Crippen molar-refractivity contribution in [3.05, 3.63) is 17.8 Å². The zero-order valence-electron chi connectivity index (χ0n) is 12.8. The van der Waals surface area contributed by atoms with Gasteiger partial charge in [0.15, 0.2) is 0 Å². The van der Waals surface area contributed by atoms with Crippen molar-refractivity contribution in [2.24, 2.45) is 0 Å². The lowest BCUT2D eigenvalue weighted by Crippen LogP contribution is -2.44. The minimum atomic E-state index is -0.168. The number of carbonyl (C=O) groups is 1. The summed E-state index contributed by atoms with van der Waals surface area (Å²) in [5.41, 5.74) is -0.0467. The van der Waals surface area contributed by atoms with Gasteiger partial charge in [0.25, 0.3) is 0 Å². The minimum Gasteiger partial charge on any atom is -0.468 e. The standard InChI is InChI=1S/C15H24N2O3/c1-15(2,3)12-9-16-13(20-12)10-17-8-6-5-7-11(17)14(18)19-4/h9,11H,5-8,10H2,1-4H3/t11-/m1/s1. The normalized spacial score (nSPS) is 20.9. The highest BCUT2D eigenvalue weighted by Crippen LogP contribution is 2.25. The molecular weight excluding hydrogens is 256 g/mol. The lowest BCUT2D eigenvalue weighted by molar-refractivity contribution is -0.148. The van der Waals surface area contributed by atoms with E-state index in [2.05, 4.69) is 30.7 Å². The summed E-state index contributed by atoms with van der Waals surface area (Å²) >= 11 is 0. The Kier molecular flexibility index (Phi) is 4.48. The summed E-state index contributed by atoms with van der Waals surface area (Å²) in [5.74, 6) is 1.39. The Labute approximate surface area is 120 Å². The van der Waals surface area contributed by atoms with Gasteiger partial charge in [0, 0.05) is 5.41 Å². The summed E-state index contributed by atoms with van der Waals surface area (Å²) in [7, 11) is 1.44. The summed E-state index contributed by atoms with van der Waals surface area (Å²) < 4.78 is 10.7. The largest absolute Gasteiger partial charge is 0.468 e. The number of aromatic nitrogens is 1. The molecule has 1 aliphatic rings. The van der Waals surface area contributed by atoms with Crippen LogP contribution in [0.3, 0.4) is 0 Å². The molecule has 1 aromatic heterocycles. The zero-order chi connectivity index (χ0) is 14.8. The predicted molar refractivity (Wildman–Crippen MR) is 75.3 cm³/mol. The third-order valence-electron chi connectivity index (χ3n) is 3.72. The van der Waals surface area contributed by atoms with E-state index in [1.54, 1.807) is 6.20 Å². The van der Waals surface area contributed by atoms with E-state index in [9.17, 15) is 4.79 Å². The Morgan fingerprint density at radius 1 is 1.50 bits per heavy atom. The smallest absolute Gasteiger partial charge is 0.323 e. The number of hydrogen-bond acceptors (Lipinski definition) is 5. The van der Waals surface area contributed by atoms with Gasteiger partial charge in [0.05, 0.1) is 19.9 Å². The maximum Gasteiger partial charge on any atom is 0.323 e. The van der Waals surface area contributed by atoms with E-state index < -0.39 is 0 Å². The van der Waals surface area contributed by atoms with Crippen LogP contribution in [0.4, 0.5) is 0 Å². The molecule has 112 valence electrons. The second-order valence-corrected chi connectivity index (χ2v) is 6.37. The number of rotatable bonds is 3. The van der Waals surface area contributed by atoms with Crippen LogP contribution < -0.4 is 0 Å². The molecule has 0 saturated carbocycles. The Balaban J connectivity index is 2.07. The number of oxazole rings is 1. The Hall–Kier alpha value is -1.36. The fraction of sp³-hybridized carbons (Fsp3) is 0.733. The number of nitrogens with zero attached hydrogens (tertiary/aromatic N) is 2. The predicted octanol–water partition coefficient (Wildman–Crippen LogP) is 2.50. The van der Waals surface area contributed by atoms with Gasteiger partial charge in [-0.1, -0.05) is 27.2 Å². The Bertz CT molecular complexity index is 462. The summed E-state index contributed by atoms with van der Waals surface area (Å²) in [4.78, 5) is 18.3. The van der Waals surface area contributed by atoms with Crippen LogP contribution in [0.15, 0.2) is 10.6 Å². The first-order valence-corrected chi connectivity index (χ1v) is 7.19. The number of methoxy groups -OCH3 is 1. The maximum absolute atomic E-state index is 11.8. The Morgan fingerprint density at radius 2 is 2.25 bits per heavy atom. The summed E-state index contributed by atoms with van der Waals surface area (Å²) in [5, 5.41) is 0. The van der Waals surface area contributed by atoms with Gasteiger partial charge in [0.2, 0.25) is 5.89 Å². The number of likely N-dealkylation sites (tertiary alicyclic amines) is 1. The lowest BCUT2D eigenvalue weighted by atomic mass is 9.94. The van der Waals surface area contributed by atoms with E-state index in [0.29, 0.717) is 12.4 Å². The lowest BCUT2D eigenvalue weighted by Gasteiger charge is -2.32. The van der Waals surface area contributed by atoms with Gasteiger partial charge >= 0.3 is 5.97 Å². The van der Waals surface area contributed by atoms with E-state index in [1.165, 1.54) is 7.11 Å². The highest BCUT2D eigenvalue weighted by Gasteiger charge is 2.30. The maximum atomic E-state index is 11.8. The van der Waals surface area contributed by atoms with E-state index in [-0.39, 0.29) is 17.4 Å². The van der Waals surface area contributed by atoms with E-state index in [1.807, 2.05) is 0 Å². The second-order valence-electron chi connectivity index (χ2n) is 6.37. The molecule has 0 amide bonds. The van der Waals surface area contributed by atoms with Crippen LogP contribution in [0.5, 0.6) is 0 Å². The molecule has 5 nitrogen and oxygen atoms in total. The number of carbonyl (C=O) groups excluding carboxylic acids is 1. The molecule has 0 aromatic carbocycles. The average Bonchev–Trinajstić information content (AvgIpc) is 2.87. The van der Waals surface area contributed by atoms with Crippen LogP contribution in [0.25, 0.3) is 0 Å². The molecule has 0 unspecified atom stereocenters. The van der Waals surface area contributed by atoms with Crippen LogP contribution in [0.2, 0.25) is 0 Å². The number of piperidine rings is 1. The van der Waals surface area contributed by atoms with Gasteiger partial charge in [-0.15, -0.1) is 0 Å². The van der Waals surface area contributed by atoms with Crippen molar-refractivity contribution in [1.29, 1.82) is 0 Å². The fourth-order valence-electron chi connectivity index (χ4n) is 2.49. The third-order valence-corrected chi connectivity index (χ3v) is 3.72. The Morgan fingerprint density at radius 3 is 2.85 bits per heavy atom. The molecule has 1 aliphatic heterocycles. The quantitative estimate of drug-likeness (QED) is 0.796. The highest BCUT2D eigenvalue weighted by molar-refractivity contribution is 5.75. The molecule has 2 rings (SSSR count). The van der Waals surface area contributed by atoms with Crippen LogP contribution >= 0.6 is 0 Å². The van der Waals surface area contributed by atoms with E-state index in [0.717, 1.165) is 31.6 Å². The van der Waals surface area contributed by atoms with Gasteiger partial charge in [0.1, 0.15) is 11.8 Å². The van der Waals surface area contributed by atoms with Crippen molar-refractivity contribution in [3.8, 4) is 0 Å². The number of hydrogen-bond donors (Lipinski definition) is 0. The first-order chi connectivity index (χ1) is 9.41. The van der Waals surface area contributed by atoms with Gasteiger partial charge in [-0.25, -0.2) is 4.98 Å². The van der Waals surface area contributed by atoms with Gasteiger partial charge in [-0.3, -0.25) is 9.69 Å². The van der Waals surface area contributed by atoms with Gasteiger partial charge in [-0.05, 0) is 19.4 Å². The molecule has 0 bridgehead atoms. The zero-order valence-corrected chi connectivity index (χ0v) is 12.8. The molecule has 20 heavy (non-hydrogen) atoms. The molecule has 2 heterocycles. The number of ether oxygens (including phenoxy) is 1. The monoisotopic (exact) mass is 280 g/mol. The SMILES string of the molecule is COC(=O)[C@H]1CCCCN1Cc1ncc(C(C)(C)C)o1. The van der Waals surface area contributed by atoms with Crippen molar-refractivity contribution in [2.75, 3.05) is 13.7 Å². The van der Waals surface area contributed by atoms with Crippen molar-refractivity contribution in [3.63, 3.8) is 0 Å². The van der Waals surface area contributed by atoms with E-state index >= 15 is 0 Å². The molecule has 5 heteroatoms. The van der Waals surface area contributed by atoms with Gasteiger partial charge in [-0.2, -0.15) is 0 Å². The topological polar surface area (TPSA) is 55.6 Å². The van der Waals surface area contributed by atoms with Gasteiger partial charge < -0.3 is 9.15 Å². The first-order valence-electron chi connectivity index (χ1n) is 7.19.